The molecule has 4 N–H and O–H groups in total. The number of aliphatic carboxylic acids is 1. The molecule has 0 saturated heterocycles. The lowest BCUT2D eigenvalue weighted by Gasteiger charge is -2.32. The van der Waals surface area contributed by atoms with Gasteiger partial charge in [-0.1, -0.05) is 34.6 Å². The van der Waals surface area contributed by atoms with Gasteiger partial charge in [-0.05, 0) is 18.3 Å². The highest BCUT2D eigenvalue weighted by molar-refractivity contribution is 5.90. The van der Waals surface area contributed by atoms with Crippen LogP contribution in [0.2, 0.25) is 0 Å². The molecule has 0 aromatic heterocycles. The summed E-state index contributed by atoms with van der Waals surface area (Å²) in [7, 11) is 0. The van der Waals surface area contributed by atoms with Crippen molar-refractivity contribution in [3.63, 3.8) is 0 Å². The van der Waals surface area contributed by atoms with E-state index < -0.39 is 28.9 Å². The molecule has 1 amide bonds. The molecule has 0 unspecified atom stereocenters. The summed E-state index contributed by atoms with van der Waals surface area (Å²) >= 11 is 0. The number of hydrogen-bond donors (Lipinski definition) is 3. The molecule has 0 aliphatic rings. The molecule has 0 aliphatic heterocycles. The molecule has 0 radical (unpaired) electrons. The van der Waals surface area contributed by atoms with Crippen LogP contribution in [0.25, 0.3) is 0 Å². The van der Waals surface area contributed by atoms with Crippen LogP contribution in [0, 0.1) is 5.41 Å². The number of nitrogens with two attached hydrogens (primary N) is 1. The predicted molar refractivity (Wildman–Crippen MR) is 66.5 cm³/mol. The summed E-state index contributed by atoms with van der Waals surface area (Å²) in [6.07, 6.45) is 0.956. The Labute approximate surface area is 103 Å². The van der Waals surface area contributed by atoms with Crippen LogP contribution in [-0.2, 0) is 9.59 Å². The van der Waals surface area contributed by atoms with Crippen LogP contribution >= 0.6 is 0 Å². The average Bonchev–Trinajstić information content (AvgIpc) is 2.22. The van der Waals surface area contributed by atoms with Gasteiger partial charge in [0.2, 0.25) is 5.91 Å². The minimum absolute atomic E-state index is 0.398. The molecule has 5 heteroatoms. The van der Waals surface area contributed by atoms with Crippen molar-refractivity contribution in [1.29, 1.82) is 0 Å². The molecule has 17 heavy (non-hydrogen) atoms. The van der Waals surface area contributed by atoms with Crippen molar-refractivity contribution in [2.45, 2.75) is 59.0 Å². The summed E-state index contributed by atoms with van der Waals surface area (Å²) in [5.74, 6) is -1.44. The van der Waals surface area contributed by atoms with Gasteiger partial charge in [0.15, 0.2) is 0 Å². The Bertz CT molecular complexity index is 291. The zero-order chi connectivity index (χ0) is 13.9. The number of carbonyl (C=O) groups is 2. The average molecular weight is 244 g/mol. The molecular formula is C12H24N2O3. The van der Waals surface area contributed by atoms with E-state index in [0.717, 1.165) is 0 Å². The lowest BCUT2D eigenvalue weighted by atomic mass is 9.85. The molecule has 100 valence electrons. The number of amides is 1. The Morgan fingerprint density at radius 2 is 1.65 bits per heavy atom. The van der Waals surface area contributed by atoms with Crippen molar-refractivity contribution < 1.29 is 14.7 Å². The van der Waals surface area contributed by atoms with E-state index in [1.165, 1.54) is 0 Å². The topological polar surface area (TPSA) is 92.4 Å². The maximum Gasteiger partial charge on any atom is 0.326 e. The van der Waals surface area contributed by atoms with E-state index in [1.807, 2.05) is 13.8 Å². The van der Waals surface area contributed by atoms with Crippen LogP contribution in [0.4, 0.5) is 0 Å². The monoisotopic (exact) mass is 244 g/mol. The van der Waals surface area contributed by atoms with Crippen molar-refractivity contribution >= 4 is 11.9 Å². The fraction of sp³-hybridized carbons (Fsp3) is 0.833. The first-order valence-electron chi connectivity index (χ1n) is 5.91. The normalized spacial score (nSPS) is 14.2. The summed E-state index contributed by atoms with van der Waals surface area (Å²) in [5.41, 5.74) is 4.39. The highest BCUT2D eigenvalue weighted by Gasteiger charge is 2.37. The standard InChI is InChI=1S/C12H24N2O3/c1-6-12(13,7-2)10(17)14-8(9(15)16)11(3,4)5/h8H,6-7,13H2,1-5H3,(H,14,17)(H,15,16)/t8-/m0/s1. The Hall–Kier alpha value is -1.10. The molecule has 0 rings (SSSR count). The van der Waals surface area contributed by atoms with Gasteiger partial charge in [0.05, 0.1) is 5.54 Å². The highest BCUT2D eigenvalue weighted by atomic mass is 16.4. The van der Waals surface area contributed by atoms with Crippen molar-refractivity contribution in [3.05, 3.63) is 0 Å². The Balaban J connectivity index is 4.92. The lowest BCUT2D eigenvalue weighted by molar-refractivity contribution is -0.146. The molecule has 5 nitrogen and oxygen atoms in total. The van der Waals surface area contributed by atoms with Crippen LogP contribution in [0.5, 0.6) is 0 Å². The van der Waals surface area contributed by atoms with Crippen molar-refractivity contribution in [3.8, 4) is 0 Å². The van der Waals surface area contributed by atoms with Crippen molar-refractivity contribution in [1.82, 2.24) is 5.32 Å². The summed E-state index contributed by atoms with van der Waals surface area (Å²) < 4.78 is 0. The van der Waals surface area contributed by atoms with Gasteiger partial charge in [0.1, 0.15) is 6.04 Å². The van der Waals surface area contributed by atoms with Gasteiger partial charge < -0.3 is 16.2 Å². The van der Waals surface area contributed by atoms with Gasteiger partial charge in [-0.15, -0.1) is 0 Å². The summed E-state index contributed by atoms with van der Waals surface area (Å²) in [6, 6.07) is -0.934. The third-order valence-corrected chi connectivity index (χ3v) is 3.10. The van der Waals surface area contributed by atoms with Crippen molar-refractivity contribution in [2.24, 2.45) is 11.1 Å². The quantitative estimate of drug-likeness (QED) is 0.675. The molecule has 0 spiro atoms. The highest BCUT2D eigenvalue weighted by Crippen LogP contribution is 2.21. The SMILES string of the molecule is CCC(N)(CC)C(=O)N[C@@H](C(=O)O)C(C)(C)C. The van der Waals surface area contributed by atoms with Gasteiger partial charge in [-0.25, -0.2) is 4.79 Å². The summed E-state index contributed by atoms with van der Waals surface area (Å²) in [5, 5.41) is 11.6. The third-order valence-electron chi connectivity index (χ3n) is 3.10. The minimum atomic E-state index is -1.04. The molecule has 0 aromatic carbocycles. The van der Waals surface area contributed by atoms with E-state index in [2.05, 4.69) is 5.32 Å². The van der Waals surface area contributed by atoms with Crippen LogP contribution in [0.15, 0.2) is 0 Å². The van der Waals surface area contributed by atoms with Crippen LogP contribution in [-0.4, -0.2) is 28.6 Å². The first-order chi connectivity index (χ1) is 7.58. The Morgan fingerprint density at radius 1 is 1.24 bits per heavy atom. The largest absolute Gasteiger partial charge is 0.480 e. The number of hydrogen-bond acceptors (Lipinski definition) is 3. The third kappa shape index (κ3) is 4.00. The summed E-state index contributed by atoms with van der Waals surface area (Å²) in [6.45, 7) is 8.93. The van der Waals surface area contributed by atoms with Gasteiger partial charge in [0, 0.05) is 0 Å². The predicted octanol–water partition coefficient (Wildman–Crippen LogP) is 1.12. The van der Waals surface area contributed by atoms with Crippen LogP contribution in [0.3, 0.4) is 0 Å². The zero-order valence-corrected chi connectivity index (χ0v) is 11.3. The van der Waals surface area contributed by atoms with E-state index in [9.17, 15) is 9.59 Å². The smallest absolute Gasteiger partial charge is 0.326 e. The molecule has 0 heterocycles. The second-order valence-electron chi connectivity index (χ2n) is 5.47. The first kappa shape index (κ1) is 15.9. The van der Waals surface area contributed by atoms with Gasteiger partial charge in [-0.2, -0.15) is 0 Å². The molecule has 1 atom stereocenters. The van der Waals surface area contributed by atoms with Crippen molar-refractivity contribution in [2.75, 3.05) is 0 Å². The van der Waals surface area contributed by atoms with E-state index in [4.69, 9.17) is 10.8 Å². The van der Waals surface area contributed by atoms with E-state index in [-0.39, 0.29) is 0 Å². The first-order valence-corrected chi connectivity index (χ1v) is 5.91. The molecule has 0 aromatic rings. The second kappa shape index (κ2) is 5.49. The molecule has 0 saturated carbocycles. The Kier molecular flexibility index (Phi) is 5.13. The van der Waals surface area contributed by atoms with Crippen LogP contribution in [0.1, 0.15) is 47.5 Å². The Morgan fingerprint density at radius 3 is 1.88 bits per heavy atom. The zero-order valence-electron chi connectivity index (χ0n) is 11.3. The number of nitrogens with one attached hydrogen (secondary N) is 1. The van der Waals surface area contributed by atoms with Gasteiger partial charge in [0.25, 0.3) is 0 Å². The molecule has 0 aliphatic carbocycles. The fourth-order valence-electron chi connectivity index (χ4n) is 1.49. The molecule has 0 bridgehead atoms. The number of carboxylic acid groups (broad SMARTS) is 1. The van der Waals surface area contributed by atoms with Crippen LogP contribution < -0.4 is 11.1 Å². The fourth-order valence-corrected chi connectivity index (χ4v) is 1.49. The van der Waals surface area contributed by atoms with E-state index in [1.54, 1.807) is 20.8 Å². The van der Waals surface area contributed by atoms with Gasteiger partial charge in [-0.3, -0.25) is 4.79 Å². The van der Waals surface area contributed by atoms with Gasteiger partial charge >= 0.3 is 5.97 Å². The van der Waals surface area contributed by atoms with E-state index >= 15 is 0 Å². The maximum absolute atomic E-state index is 12.0. The second-order valence-corrected chi connectivity index (χ2v) is 5.47. The maximum atomic E-state index is 12.0. The lowest BCUT2D eigenvalue weighted by Crippen LogP contribution is -2.59. The number of carboxylic acids is 1. The molecular weight excluding hydrogens is 220 g/mol. The number of rotatable bonds is 5. The van der Waals surface area contributed by atoms with E-state index in [0.29, 0.717) is 12.8 Å². The number of carbonyl (C=O) groups excluding carboxylic acids is 1. The molecule has 0 fully saturated rings. The summed E-state index contributed by atoms with van der Waals surface area (Å²) in [4.78, 5) is 23.1. The minimum Gasteiger partial charge on any atom is -0.480 e.